The topological polar surface area (TPSA) is 45.8 Å². The molecule has 0 aromatic carbocycles. The first-order chi connectivity index (χ1) is 9.99. The molecule has 0 saturated carbocycles. The fourth-order valence-corrected chi connectivity index (χ4v) is 4.37. The fraction of sp³-hybridized carbons (Fsp3) is 0.250. The number of nitrogens with one attached hydrogen (secondary N) is 1. The monoisotopic (exact) mass is 316 g/mol. The second-order valence-corrected chi connectivity index (χ2v) is 7.23. The van der Waals surface area contributed by atoms with Gasteiger partial charge in [0.1, 0.15) is 10.7 Å². The maximum absolute atomic E-state index is 11.8. The third kappa shape index (κ3) is 2.36. The predicted octanol–water partition coefficient (Wildman–Crippen LogP) is 4.99. The van der Waals surface area contributed by atoms with Gasteiger partial charge in [-0.05, 0) is 44.7 Å². The summed E-state index contributed by atoms with van der Waals surface area (Å²) in [7, 11) is 0. The Bertz CT molecular complexity index is 810. The van der Waals surface area contributed by atoms with Gasteiger partial charge >= 0.3 is 0 Å². The van der Waals surface area contributed by atoms with E-state index in [1.807, 2.05) is 19.9 Å². The van der Waals surface area contributed by atoms with E-state index in [2.05, 4.69) is 23.4 Å². The lowest BCUT2D eigenvalue weighted by molar-refractivity contribution is 0.101. The van der Waals surface area contributed by atoms with Gasteiger partial charge in [-0.1, -0.05) is 6.07 Å². The molecule has 0 aliphatic heterocycles. The molecule has 3 rings (SSSR count). The first-order valence-electron chi connectivity index (χ1n) is 6.70. The van der Waals surface area contributed by atoms with E-state index in [-0.39, 0.29) is 5.78 Å². The van der Waals surface area contributed by atoms with Gasteiger partial charge in [0, 0.05) is 16.1 Å². The summed E-state index contributed by atoms with van der Waals surface area (Å²) in [6, 6.07) is 4.12. The van der Waals surface area contributed by atoms with Crippen LogP contribution in [0.15, 0.2) is 17.5 Å². The Morgan fingerprint density at radius 3 is 2.62 bits per heavy atom. The number of thiophene rings is 1. The molecule has 3 aromatic heterocycles. The summed E-state index contributed by atoms with van der Waals surface area (Å²) in [6.07, 6.45) is 0. The van der Waals surface area contributed by atoms with E-state index in [0.29, 0.717) is 0 Å². The van der Waals surface area contributed by atoms with Crippen molar-refractivity contribution < 1.29 is 4.79 Å². The molecule has 0 unspecified atom stereocenters. The third-order valence-corrected chi connectivity index (χ3v) is 5.56. The lowest BCUT2D eigenvalue weighted by atomic mass is 10.1. The smallest absolute Gasteiger partial charge is 0.161 e. The zero-order chi connectivity index (χ0) is 15.1. The molecular formula is C16H16N2OS2. The minimum atomic E-state index is 0.0962. The van der Waals surface area contributed by atoms with E-state index >= 15 is 0 Å². The van der Waals surface area contributed by atoms with Crippen molar-refractivity contribution in [2.75, 3.05) is 0 Å². The molecule has 3 aromatic rings. The van der Waals surface area contributed by atoms with Gasteiger partial charge in [0.2, 0.25) is 0 Å². The number of H-pyrrole nitrogens is 1. The largest absolute Gasteiger partial charge is 0.356 e. The number of carbonyl (C=O) groups excluding carboxylic acids is 1. The average Bonchev–Trinajstić information content (AvgIpc) is 3.08. The lowest BCUT2D eigenvalue weighted by Gasteiger charge is -1.98. The number of Topliss-reactive ketones (excluding diaryl/α,β-unsaturated/α-hetero) is 1. The van der Waals surface area contributed by atoms with E-state index in [4.69, 9.17) is 4.98 Å². The van der Waals surface area contributed by atoms with Crippen LogP contribution >= 0.6 is 22.7 Å². The normalized spacial score (nSPS) is 11.0. The van der Waals surface area contributed by atoms with E-state index in [0.717, 1.165) is 38.1 Å². The van der Waals surface area contributed by atoms with Crippen molar-refractivity contribution in [3.63, 3.8) is 0 Å². The van der Waals surface area contributed by atoms with Crippen LogP contribution in [0.25, 0.3) is 21.3 Å². The molecule has 0 fully saturated rings. The minimum absolute atomic E-state index is 0.0962. The Labute approximate surface area is 131 Å². The van der Waals surface area contributed by atoms with Crippen LogP contribution in [0.5, 0.6) is 0 Å². The van der Waals surface area contributed by atoms with Gasteiger partial charge in [-0.15, -0.1) is 22.7 Å². The van der Waals surface area contributed by atoms with Crippen LogP contribution in [0.3, 0.4) is 0 Å². The Morgan fingerprint density at radius 2 is 2.05 bits per heavy atom. The zero-order valence-electron chi connectivity index (χ0n) is 12.4. The Balaban J connectivity index is 2.14. The van der Waals surface area contributed by atoms with Gasteiger partial charge in [-0.3, -0.25) is 4.79 Å². The van der Waals surface area contributed by atoms with Crippen LogP contribution < -0.4 is 0 Å². The van der Waals surface area contributed by atoms with Gasteiger partial charge in [-0.2, -0.15) is 0 Å². The van der Waals surface area contributed by atoms with Crippen molar-refractivity contribution in [2.24, 2.45) is 0 Å². The van der Waals surface area contributed by atoms with Gasteiger partial charge in [-0.25, -0.2) is 4.98 Å². The summed E-state index contributed by atoms with van der Waals surface area (Å²) >= 11 is 3.39. The first kappa shape index (κ1) is 14.2. The quantitative estimate of drug-likeness (QED) is 0.692. The van der Waals surface area contributed by atoms with Crippen molar-refractivity contribution in [3.05, 3.63) is 39.2 Å². The molecule has 3 nitrogen and oxygen atoms in total. The summed E-state index contributed by atoms with van der Waals surface area (Å²) in [6.45, 7) is 7.61. The molecule has 0 amide bonds. The van der Waals surface area contributed by atoms with E-state index in [1.54, 1.807) is 29.6 Å². The van der Waals surface area contributed by atoms with Gasteiger partial charge in [0.15, 0.2) is 5.78 Å². The van der Waals surface area contributed by atoms with Crippen LogP contribution in [0.4, 0.5) is 0 Å². The van der Waals surface area contributed by atoms with Gasteiger partial charge in [0.25, 0.3) is 0 Å². The first-order valence-corrected chi connectivity index (χ1v) is 8.40. The highest BCUT2D eigenvalue weighted by atomic mass is 32.1. The number of thiazole rings is 1. The molecule has 3 heterocycles. The molecule has 5 heteroatoms. The Morgan fingerprint density at radius 1 is 1.29 bits per heavy atom. The molecule has 108 valence electrons. The molecule has 0 spiro atoms. The standard InChI is InChI=1S/C16H16N2OS2/c1-8-13(10(3)19)9(2)17-14(8)15-11(4)21-16(18-15)12-6-5-7-20-12/h5-7,17H,1-4H3. The van der Waals surface area contributed by atoms with E-state index < -0.39 is 0 Å². The summed E-state index contributed by atoms with van der Waals surface area (Å²) in [5, 5.41) is 3.09. The number of carbonyl (C=O) groups is 1. The Kier molecular flexibility index (Phi) is 3.55. The number of ketones is 1. The summed E-state index contributed by atoms with van der Waals surface area (Å²) in [4.78, 5) is 22.2. The van der Waals surface area contributed by atoms with Gasteiger partial charge in [0.05, 0.1) is 10.6 Å². The van der Waals surface area contributed by atoms with Crippen LogP contribution in [-0.2, 0) is 0 Å². The zero-order valence-corrected chi connectivity index (χ0v) is 14.0. The summed E-state index contributed by atoms with van der Waals surface area (Å²) in [5.41, 5.74) is 4.62. The maximum atomic E-state index is 11.8. The molecule has 0 atom stereocenters. The molecule has 0 aliphatic carbocycles. The number of hydrogen-bond acceptors (Lipinski definition) is 4. The number of aromatic nitrogens is 2. The van der Waals surface area contributed by atoms with Crippen LogP contribution in [0.1, 0.15) is 33.4 Å². The van der Waals surface area contributed by atoms with Crippen LogP contribution in [0, 0.1) is 20.8 Å². The second-order valence-electron chi connectivity index (χ2n) is 5.08. The molecule has 0 bridgehead atoms. The van der Waals surface area contributed by atoms with Crippen molar-refractivity contribution >= 4 is 28.5 Å². The molecule has 0 radical (unpaired) electrons. The third-order valence-electron chi connectivity index (χ3n) is 3.55. The number of aryl methyl sites for hydroxylation is 2. The van der Waals surface area contributed by atoms with Crippen molar-refractivity contribution in [3.8, 4) is 21.3 Å². The van der Waals surface area contributed by atoms with E-state index in [1.165, 1.54) is 4.88 Å². The second kappa shape index (κ2) is 5.24. The summed E-state index contributed by atoms with van der Waals surface area (Å²) in [5.74, 6) is 0.0962. The molecule has 1 N–H and O–H groups in total. The maximum Gasteiger partial charge on any atom is 0.161 e. The number of aromatic amines is 1. The molecular weight excluding hydrogens is 300 g/mol. The highest BCUT2D eigenvalue weighted by Gasteiger charge is 2.20. The summed E-state index contributed by atoms with van der Waals surface area (Å²) < 4.78 is 0. The number of rotatable bonds is 3. The molecule has 0 aliphatic rings. The number of hydrogen-bond donors (Lipinski definition) is 1. The van der Waals surface area contributed by atoms with Crippen LogP contribution in [0.2, 0.25) is 0 Å². The van der Waals surface area contributed by atoms with E-state index in [9.17, 15) is 4.79 Å². The fourth-order valence-electron chi connectivity index (χ4n) is 2.65. The Hall–Kier alpha value is -1.72. The van der Waals surface area contributed by atoms with Crippen molar-refractivity contribution in [2.45, 2.75) is 27.7 Å². The molecule has 21 heavy (non-hydrogen) atoms. The average molecular weight is 316 g/mol. The SMILES string of the molecule is CC(=O)c1c(C)[nH]c(-c2nc(-c3cccs3)sc2C)c1C. The predicted molar refractivity (Wildman–Crippen MR) is 89.4 cm³/mol. The molecule has 0 saturated heterocycles. The van der Waals surface area contributed by atoms with Gasteiger partial charge < -0.3 is 4.98 Å². The highest BCUT2D eigenvalue weighted by molar-refractivity contribution is 7.21. The van der Waals surface area contributed by atoms with Crippen molar-refractivity contribution in [1.82, 2.24) is 9.97 Å². The van der Waals surface area contributed by atoms with Crippen LogP contribution in [-0.4, -0.2) is 15.8 Å². The highest BCUT2D eigenvalue weighted by Crippen LogP contribution is 2.37. The minimum Gasteiger partial charge on any atom is -0.356 e. The lowest BCUT2D eigenvalue weighted by Crippen LogP contribution is -1.95. The number of nitrogens with zero attached hydrogens (tertiary/aromatic N) is 1. The van der Waals surface area contributed by atoms with Crippen molar-refractivity contribution in [1.29, 1.82) is 0 Å².